The number of alkyl halides is 2. The van der Waals surface area contributed by atoms with E-state index in [1.54, 1.807) is 0 Å². The number of hydrogen-bond acceptors (Lipinski definition) is 2. The van der Waals surface area contributed by atoms with Gasteiger partial charge >= 0.3 is 0 Å². The lowest BCUT2D eigenvalue weighted by Crippen LogP contribution is -2.35. The molecule has 2 atom stereocenters. The summed E-state index contributed by atoms with van der Waals surface area (Å²) in [5.74, 6) is -3.79. The predicted molar refractivity (Wildman–Crippen MR) is 68.1 cm³/mol. The minimum atomic E-state index is -2.60. The molecule has 0 aliphatic heterocycles. The van der Waals surface area contributed by atoms with Crippen molar-refractivity contribution in [3.8, 4) is 11.8 Å². The molecular formula is C15H16F3NO. The van der Waals surface area contributed by atoms with E-state index in [0.29, 0.717) is 12.8 Å². The average Bonchev–Trinajstić information content (AvgIpc) is 2.41. The first-order chi connectivity index (χ1) is 9.42. The van der Waals surface area contributed by atoms with E-state index in [1.165, 1.54) is 19.1 Å². The van der Waals surface area contributed by atoms with Gasteiger partial charge in [-0.3, -0.25) is 0 Å². The van der Waals surface area contributed by atoms with Gasteiger partial charge in [0.1, 0.15) is 0 Å². The summed E-state index contributed by atoms with van der Waals surface area (Å²) < 4.78 is 45.7. The smallest absolute Gasteiger partial charge is 0.250 e. The third-order valence-electron chi connectivity index (χ3n) is 3.83. The van der Waals surface area contributed by atoms with Crippen molar-refractivity contribution < 1.29 is 17.9 Å². The number of hydrogen-bond donors (Lipinski definition) is 0. The highest BCUT2D eigenvalue weighted by molar-refractivity contribution is 5.35. The monoisotopic (exact) mass is 283 g/mol. The molecule has 2 nitrogen and oxygen atoms in total. The van der Waals surface area contributed by atoms with Gasteiger partial charge in [-0.2, -0.15) is 5.26 Å². The van der Waals surface area contributed by atoms with Crippen LogP contribution in [0.15, 0.2) is 18.2 Å². The van der Waals surface area contributed by atoms with Crippen LogP contribution in [0, 0.1) is 29.0 Å². The molecule has 1 aromatic rings. The average molecular weight is 283 g/mol. The Hall–Kier alpha value is -1.70. The third kappa shape index (κ3) is 3.24. The molecule has 1 fully saturated rings. The van der Waals surface area contributed by atoms with Crippen LogP contribution in [-0.4, -0.2) is 12.5 Å². The second-order valence-corrected chi connectivity index (χ2v) is 5.37. The molecule has 1 saturated carbocycles. The van der Waals surface area contributed by atoms with Crippen LogP contribution in [0.4, 0.5) is 13.2 Å². The Kier molecular flexibility index (Phi) is 4.22. The van der Waals surface area contributed by atoms with Crippen molar-refractivity contribution in [2.24, 2.45) is 11.8 Å². The largest absolute Gasteiger partial charge is 0.490 e. The number of nitrogens with zero attached hydrogens (tertiary/aromatic N) is 1. The normalized spacial score (nSPS) is 24.9. The maximum absolute atomic E-state index is 13.6. The maximum atomic E-state index is 13.6. The number of benzene rings is 1. The Bertz CT molecular complexity index is 524. The van der Waals surface area contributed by atoms with Crippen LogP contribution in [0.2, 0.25) is 0 Å². The lowest BCUT2D eigenvalue weighted by molar-refractivity contribution is -0.0942. The van der Waals surface area contributed by atoms with Gasteiger partial charge in [0.2, 0.25) is 0 Å². The summed E-state index contributed by atoms with van der Waals surface area (Å²) in [6, 6.07) is 5.81. The number of nitriles is 1. The van der Waals surface area contributed by atoms with Gasteiger partial charge in [0.05, 0.1) is 18.2 Å². The summed E-state index contributed by atoms with van der Waals surface area (Å²) >= 11 is 0. The highest BCUT2D eigenvalue weighted by atomic mass is 19.3. The fourth-order valence-electron chi connectivity index (χ4n) is 2.48. The summed E-state index contributed by atoms with van der Waals surface area (Å²) in [5.41, 5.74) is 0.223. The Balaban J connectivity index is 1.92. The van der Waals surface area contributed by atoms with E-state index >= 15 is 0 Å². The molecule has 108 valence electrons. The van der Waals surface area contributed by atoms with E-state index in [2.05, 4.69) is 0 Å². The first-order valence-corrected chi connectivity index (χ1v) is 6.62. The van der Waals surface area contributed by atoms with Gasteiger partial charge in [0, 0.05) is 12.3 Å². The lowest BCUT2D eigenvalue weighted by atomic mass is 9.80. The molecule has 1 aromatic carbocycles. The first-order valence-electron chi connectivity index (χ1n) is 6.62. The van der Waals surface area contributed by atoms with Gasteiger partial charge < -0.3 is 4.74 Å². The van der Waals surface area contributed by atoms with Gasteiger partial charge in [-0.15, -0.1) is 0 Å². The molecule has 0 aromatic heterocycles. The molecule has 5 heteroatoms. The molecule has 0 heterocycles. The molecule has 2 rings (SSSR count). The predicted octanol–water partition coefficient (Wildman–Crippen LogP) is 4.15. The molecule has 0 amide bonds. The Morgan fingerprint density at radius 1 is 1.45 bits per heavy atom. The molecule has 0 radical (unpaired) electrons. The topological polar surface area (TPSA) is 33.0 Å². The molecule has 1 aliphatic carbocycles. The van der Waals surface area contributed by atoms with E-state index in [1.807, 2.05) is 6.07 Å². The van der Waals surface area contributed by atoms with Crippen molar-refractivity contribution in [3.05, 3.63) is 29.6 Å². The molecular weight excluding hydrogens is 267 g/mol. The van der Waals surface area contributed by atoms with Gasteiger partial charge in [-0.1, -0.05) is 6.92 Å². The van der Waals surface area contributed by atoms with Crippen molar-refractivity contribution in [1.82, 2.24) is 0 Å². The van der Waals surface area contributed by atoms with E-state index in [0.717, 1.165) is 6.07 Å². The maximum Gasteiger partial charge on any atom is 0.250 e. The third-order valence-corrected chi connectivity index (χ3v) is 3.83. The van der Waals surface area contributed by atoms with E-state index in [4.69, 9.17) is 10.00 Å². The van der Waals surface area contributed by atoms with Crippen molar-refractivity contribution in [3.63, 3.8) is 0 Å². The van der Waals surface area contributed by atoms with E-state index in [-0.39, 0.29) is 30.3 Å². The summed E-state index contributed by atoms with van der Waals surface area (Å²) in [6.07, 6.45) is 0.623. The van der Waals surface area contributed by atoms with Crippen molar-refractivity contribution in [2.75, 3.05) is 6.61 Å². The lowest BCUT2D eigenvalue weighted by Gasteiger charge is -2.33. The standard InChI is InChI=1S/C15H16F3NO/c1-10-6-12(4-5-15(10,17)18)9-20-14-3-2-11(8-19)7-13(14)16/h2-3,7,10,12H,4-6,9H2,1H3/t10-,12?/m0/s1. The zero-order chi connectivity index (χ0) is 14.8. The molecule has 20 heavy (non-hydrogen) atoms. The first kappa shape index (κ1) is 14.7. The molecule has 1 aliphatic rings. The Labute approximate surface area is 116 Å². The van der Waals surface area contributed by atoms with Gasteiger partial charge in [0.25, 0.3) is 5.92 Å². The van der Waals surface area contributed by atoms with Crippen LogP contribution >= 0.6 is 0 Å². The second-order valence-electron chi connectivity index (χ2n) is 5.37. The summed E-state index contributed by atoms with van der Waals surface area (Å²) in [6.45, 7) is 1.76. The SMILES string of the molecule is C[C@H]1CC(COc2ccc(C#N)cc2F)CCC1(F)F. The number of halogens is 3. The number of rotatable bonds is 3. The zero-order valence-corrected chi connectivity index (χ0v) is 11.2. The van der Waals surface area contributed by atoms with Crippen LogP contribution < -0.4 is 4.74 Å². The van der Waals surface area contributed by atoms with Crippen molar-refractivity contribution >= 4 is 0 Å². The summed E-state index contributed by atoms with van der Waals surface area (Å²) in [5, 5.41) is 8.64. The Morgan fingerprint density at radius 3 is 2.80 bits per heavy atom. The second kappa shape index (κ2) is 5.74. The fourth-order valence-corrected chi connectivity index (χ4v) is 2.48. The zero-order valence-electron chi connectivity index (χ0n) is 11.2. The van der Waals surface area contributed by atoms with Crippen molar-refractivity contribution in [1.29, 1.82) is 5.26 Å². The van der Waals surface area contributed by atoms with Crippen LogP contribution in [-0.2, 0) is 0 Å². The van der Waals surface area contributed by atoms with Crippen LogP contribution in [0.5, 0.6) is 5.75 Å². The fraction of sp³-hybridized carbons (Fsp3) is 0.533. The summed E-state index contributed by atoms with van der Waals surface area (Å²) in [4.78, 5) is 0. The van der Waals surface area contributed by atoms with Crippen LogP contribution in [0.25, 0.3) is 0 Å². The van der Waals surface area contributed by atoms with Gasteiger partial charge in [-0.25, -0.2) is 13.2 Å². The van der Waals surface area contributed by atoms with Crippen LogP contribution in [0.3, 0.4) is 0 Å². The van der Waals surface area contributed by atoms with Gasteiger partial charge in [-0.05, 0) is 37.0 Å². The quantitative estimate of drug-likeness (QED) is 0.835. The van der Waals surface area contributed by atoms with E-state index in [9.17, 15) is 13.2 Å². The molecule has 0 bridgehead atoms. The molecule has 0 saturated heterocycles. The molecule has 0 N–H and O–H groups in total. The van der Waals surface area contributed by atoms with Crippen LogP contribution in [0.1, 0.15) is 31.7 Å². The van der Waals surface area contributed by atoms with Crippen molar-refractivity contribution in [2.45, 2.75) is 32.1 Å². The molecule has 1 unspecified atom stereocenters. The minimum absolute atomic E-state index is 0.0136. The molecule has 0 spiro atoms. The van der Waals surface area contributed by atoms with Gasteiger partial charge in [0.15, 0.2) is 11.6 Å². The highest BCUT2D eigenvalue weighted by Crippen LogP contribution is 2.40. The summed E-state index contributed by atoms with van der Waals surface area (Å²) in [7, 11) is 0. The highest BCUT2D eigenvalue weighted by Gasteiger charge is 2.41. The minimum Gasteiger partial charge on any atom is -0.490 e. The van der Waals surface area contributed by atoms with E-state index < -0.39 is 17.7 Å². The Morgan fingerprint density at radius 2 is 2.20 bits per heavy atom. The number of ether oxygens (including phenoxy) is 1.